The number of nitrogens with zero attached hydrogens (tertiary/aromatic N) is 2. The van der Waals surface area contributed by atoms with Crippen LogP contribution in [0, 0.1) is 0 Å². The van der Waals surface area contributed by atoms with E-state index in [9.17, 15) is 0 Å². The summed E-state index contributed by atoms with van der Waals surface area (Å²) >= 11 is 0. The first kappa shape index (κ1) is 16.5. The summed E-state index contributed by atoms with van der Waals surface area (Å²) in [4.78, 5) is 6.79. The van der Waals surface area contributed by atoms with Gasteiger partial charge >= 0.3 is 0 Å². The lowest BCUT2D eigenvalue weighted by Gasteiger charge is -2.24. The summed E-state index contributed by atoms with van der Waals surface area (Å²) in [5.41, 5.74) is 7.20. The van der Waals surface area contributed by atoms with Crippen molar-refractivity contribution < 1.29 is 0 Å². The lowest BCUT2D eigenvalue weighted by Crippen LogP contribution is -2.38. The molecule has 1 aromatic rings. The normalized spacial score (nSPS) is 13.5. The van der Waals surface area contributed by atoms with Gasteiger partial charge < -0.3 is 11.1 Å². The minimum atomic E-state index is 0.430. The Morgan fingerprint density at radius 3 is 2.50 bits per heavy atom. The predicted octanol–water partition coefficient (Wildman–Crippen LogP) is 1.86. The van der Waals surface area contributed by atoms with Gasteiger partial charge in [-0.3, -0.25) is 9.89 Å². The van der Waals surface area contributed by atoms with Gasteiger partial charge in [0, 0.05) is 12.6 Å². The summed E-state index contributed by atoms with van der Waals surface area (Å²) in [5.74, 6) is 0.542. The maximum absolute atomic E-state index is 5.89. The fourth-order valence-corrected chi connectivity index (χ4v) is 2.23. The van der Waals surface area contributed by atoms with Gasteiger partial charge in [-0.2, -0.15) is 0 Å². The Kier molecular flexibility index (Phi) is 7.73. The Hall–Kier alpha value is -1.55. The summed E-state index contributed by atoms with van der Waals surface area (Å²) in [7, 11) is 0. The van der Waals surface area contributed by atoms with E-state index in [2.05, 4.69) is 60.2 Å². The van der Waals surface area contributed by atoms with E-state index in [-0.39, 0.29) is 0 Å². The number of rotatable bonds is 8. The van der Waals surface area contributed by atoms with Gasteiger partial charge in [-0.1, -0.05) is 44.2 Å². The molecule has 20 heavy (non-hydrogen) atoms. The van der Waals surface area contributed by atoms with Crippen molar-refractivity contribution in [3.63, 3.8) is 0 Å². The van der Waals surface area contributed by atoms with Crippen LogP contribution >= 0.6 is 0 Å². The van der Waals surface area contributed by atoms with E-state index in [1.807, 2.05) is 6.07 Å². The number of likely N-dealkylation sites (N-methyl/N-ethyl adjacent to an activating group) is 1. The molecule has 0 aromatic heterocycles. The zero-order chi connectivity index (χ0) is 14.8. The SMILES string of the molecule is CCN(CC)C(C)CN=C(N)NCCc1ccccc1. The predicted molar refractivity (Wildman–Crippen MR) is 87.0 cm³/mol. The van der Waals surface area contributed by atoms with Crippen LogP contribution in [0.5, 0.6) is 0 Å². The van der Waals surface area contributed by atoms with Crippen LogP contribution in [-0.4, -0.2) is 43.1 Å². The van der Waals surface area contributed by atoms with Crippen molar-refractivity contribution >= 4 is 5.96 Å². The number of hydrogen-bond donors (Lipinski definition) is 2. The lowest BCUT2D eigenvalue weighted by molar-refractivity contribution is 0.237. The third-order valence-electron chi connectivity index (χ3n) is 3.52. The Morgan fingerprint density at radius 2 is 1.90 bits per heavy atom. The van der Waals surface area contributed by atoms with E-state index in [1.54, 1.807) is 0 Å². The second-order valence-corrected chi connectivity index (χ2v) is 4.96. The van der Waals surface area contributed by atoms with Crippen molar-refractivity contribution in [2.45, 2.75) is 33.2 Å². The van der Waals surface area contributed by atoms with Crippen molar-refractivity contribution in [3.05, 3.63) is 35.9 Å². The molecule has 1 aromatic carbocycles. The van der Waals surface area contributed by atoms with Crippen molar-refractivity contribution in [1.82, 2.24) is 10.2 Å². The summed E-state index contributed by atoms with van der Waals surface area (Å²) in [6.45, 7) is 10.2. The molecular formula is C16H28N4. The third-order valence-corrected chi connectivity index (χ3v) is 3.52. The second kappa shape index (κ2) is 9.37. The molecule has 0 saturated heterocycles. The van der Waals surface area contributed by atoms with E-state index < -0.39 is 0 Å². The van der Waals surface area contributed by atoms with Gasteiger partial charge in [0.1, 0.15) is 0 Å². The highest BCUT2D eigenvalue weighted by Crippen LogP contribution is 1.99. The quantitative estimate of drug-likeness (QED) is 0.563. The van der Waals surface area contributed by atoms with Crippen LogP contribution in [0.15, 0.2) is 35.3 Å². The first-order valence-electron chi connectivity index (χ1n) is 7.49. The Morgan fingerprint density at radius 1 is 1.25 bits per heavy atom. The molecule has 3 N–H and O–H groups in total. The van der Waals surface area contributed by atoms with Gasteiger partial charge in [-0.15, -0.1) is 0 Å². The summed E-state index contributed by atoms with van der Waals surface area (Å²) in [6.07, 6.45) is 0.961. The zero-order valence-corrected chi connectivity index (χ0v) is 13.0. The number of nitrogens with two attached hydrogens (primary N) is 1. The average Bonchev–Trinajstić information content (AvgIpc) is 2.47. The molecule has 4 heteroatoms. The molecule has 0 aliphatic heterocycles. The van der Waals surface area contributed by atoms with Gasteiger partial charge in [0.05, 0.1) is 6.54 Å². The van der Waals surface area contributed by atoms with E-state index in [4.69, 9.17) is 5.73 Å². The first-order chi connectivity index (χ1) is 9.67. The molecule has 1 rings (SSSR count). The fourth-order valence-electron chi connectivity index (χ4n) is 2.23. The van der Waals surface area contributed by atoms with E-state index in [0.717, 1.165) is 32.6 Å². The maximum Gasteiger partial charge on any atom is 0.188 e. The highest BCUT2D eigenvalue weighted by molar-refractivity contribution is 5.77. The number of benzene rings is 1. The molecule has 0 bridgehead atoms. The van der Waals surface area contributed by atoms with Crippen LogP contribution in [0.1, 0.15) is 26.3 Å². The lowest BCUT2D eigenvalue weighted by atomic mass is 10.1. The van der Waals surface area contributed by atoms with Crippen LogP contribution in [0.25, 0.3) is 0 Å². The standard InChI is InChI=1S/C16H28N4/c1-4-20(5-2)14(3)13-19-16(17)18-12-11-15-9-7-6-8-10-15/h6-10,14H,4-5,11-13H2,1-3H3,(H3,17,18,19). The molecule has 0 amide bonds. The molecule has 112 valence electrons. The van der Waals surface area contributed by atoms with E-state index in [1.165, 1.54) is 5.56 Å². The minimum absolute atomic E-state index is 0.430. The van der Waals surface area contributed by atoms with Crippen LogP contribution in [0.3, 0.4) is 0 Å². The summed E-state index contributed by atoms with van der Waals surface area (Å²) in [5, 5.41) is 3.17. The molecule has 1 atom stereocenters. The molecule has 0 fully saturated rings. The minimum Gasteiger partial charge on any atom is -0.370 e. The Labute approximate surface area is 123 Å². The fraction of sp³-hybridized carbons (Fsp3) is 0.562. The van der Waals surface area contributed by atoms with Crippen molar-refractivity contribution in [3.8, 4) is 0 Å². The van der Waals surface area contributed by atoms with Crippen LogP contribution in [0.4, 0.5) is 0 Å². The van der Waals surface area contributed by atoms with Crippen LogP contribution < -0.4 is 11.1 Å². The number of nitrogens with one attached hydrogen (secondary N) is 1. The number of aliphatic imine (C=N–C) groups is 1. The molecule has 0 spiro atoms. The Bertz CT molecular complexity index is 385. The topological polar surface area (TPSA) is 53.6 Å². The Balaban J connectivity index is 2.28. The molecule has 0 saturated carbocycles. The highest BCUT2D eigenvalue weighted by Gasteiger charge is 2.08. The highest BCUT2D eigenvalue weighted by atomic mass is 15.2. The van der Waals surface area contributed by atoms with Crippen LogP contribution in [-0.2, 0) is 6.42 Å². The second-order valence-electron chi connectivity index (χ2n) is 4.96. The van der Waals surface area contributed by atoms with Gasteiger partial charge in [-0.25, -0.2) is 0 Å². The molecule has 0 aliphatic carbocycles. The van der Waals surface area contributed by atoms with Crippen molar-refractivity contribution in [2.24, 2.45) is 10.7 Å². The van der Waals surface area contributed by atoms with Crippen molar-refractivity contribution in [1.29, 1.82) is 0 Å². The average molecular weight is 276 g/mol. The first-order valence-corrected chi connectivity index (χ1v) is 7.49. The smallest absolute Gasteiger partial charge is 0.188 e. The van der Waals surface area contributed by atoms with Gasteiger partial charge in [0.15, 0.2) is 5.96 Å². The van der Waals surface area contributed by atoms with Crippen LogP contribution in [0.2, 0.25) is 0 Å². The molecule has 0 heterocycles. The molecule has 0 aliphatic rings. The van der Waals surface area contributed by atoms with Gasteiger partial charge in [0.25, 0.3) is 0 Å². The van der Waals surface area contributed by atoms with E-state index >= 15 is 0 Å². The summed E-state index contributed by atoms with van der Waals surface area (Å²) in [6, 6.07) is 10.8. The maximum atomic E-state index is 5.89. The molecule has 1 unspecified atom stereocenters. The number of guanidine groups is 1. The van der Waals surface area contributed by atoms with Gasteiger partial charge in [-0.05, 0) is 32.0 Å². The largest absolute Gasteiger partial charge is 0.370 e. The molecular weight excluding hydrogens is 248 g/mol. The zero-order valence-electron chi connectivity index (χ0n) is 13.0. The monoisotopic (exact) mass is 276 g/mol. The van der Waals surface area contributed by atoms with E-state index in [0.29, 0.717) is 12.0 Å². The molecule has 0 radical (unpaired) electrons. The summed E-state index contributed by atoms with van der Waals surface area (Å²) < 4.78 is 0. The number of hydrogen-bond acceptors (Lipinski definition) is 2. The third kappa shape index (κ3) is 6.06. The van der Waals surface area contributed by atoms with Crippen molar-refractivity contribution in [2.75, 3.05) is 26.2 Å². The van der Waals surface area contributed by atoms with Gasteiger partial charge in [0.2, 0.25) is 0 Å². The molecule has 4 nitrogen and oxygen atoms in total.